The van der Waals surface area contributed by atoms with Gasteiger partial charge in [-0.15, -0.1) is 5.10 Å². The minimum absolute atomic E-state index is 0.0727. The number of halogens is 2. The van der Waals surface area contributed by atoms with Crippen LogP contribution >= 0.6 is 23.2 Å². The molecule has 0 saturated heterocycles. The van der Waals surface area contributed by atoms with Gasteiger partial charge >= 0.3 is 0 Å². The summed E-state index contributed by atoms with van der Waals surface area (Å²) in [5.74, 6) is 0.900. The molecule has 0 radical (unpaired) electrons. The predicted octanol–water partition coefficient (Wildman–Crippen LogP) is 3.41. The average Bonchev–Trinajstić information content (AvgIpc) is 2.85. The van der Waals surface area contributed by atoms with Crippen LogP contribution in [0.15, 0.2) is 36.4 Å². The lowest BCUT2D eigenvalue weighted by Crippen LogP contribution is -2.03. The van der Waals surface area contributed by atoms with Gasteiger partial charge in [0, 0.05) is 11.1 Å². The van der Waals surface area contributed by atoms with E-state index >= 15 is 0 Å². The van der Waals surface area contributed by atoms with Crippen molar-refractivity contribution in [1.82, 2.24) is 14.8 Å². The van der Waals surface area contributed by atoms with Crippen molar-refractivity contribution in [2.45, 2.75) is 0 Å². The highest BCUT2D eigenvalue weighted by Crippen LogP contribution is 2.41. The van der Waals surface area contributed by atoms with Gasteiger partial charge in [-0.05, 0) is 18.2 Å². The Morgan fingerprint density at radius 2 is 1.74 bits per heavy atom. The van der Waals surface area contributed by atoms with Crippen molar-refractivity contribution >= 4 is 35.1 Å². The second kappa shape index (κ2) is 5.98. The van der Waals surface area contributed by atoms with E-state index in [0.29, 0.717) is 27.0 Å². The molecule has 3 rings (SSSR count). The van der Waals surface area contributed by atoms with Crippen molar-refractivity contribution in [3.8, 4) is 22.6 Å². The molecule has 1 aromatic heterocycles. The number of ether oxygens (including phenoxy) is 1. The first kappa shape index (κ1) is 15.5. The third-order valence-corrected chi connectivity index (χ3v) is 3.89. The molecule has 0 aliphatic rings. The Labute approximate surface area is 142 Å². The van der Waals surface area contributed by atoms with E-state index in [-0.39, 0.29) is 11.9 Å². The molecule has 0 aliphatic carbocycles. The molecule has 118 valence electrons. The van der Waals surface area contributed by atoms with Crippen molar-refractivity contribution in [1.29, 1.82) is 0 Å². The topological polar surface area (TPSA) is 92.0 Å². The molecule has 3 aromatic rings. The van der Waals surface area contributed by atoms with Gasteiger partial charge in [0.1, 0.15) is 5.75 Å². The van der Waals surface area contributed by atoms with Gasteiger partial charge in [0.15, 0.2) is 0 Å². The number of methoxy groups -OCH3 is 1. The molecule has 0 bridgehead atoms. The monoisotopic (exact) mass is 349 g/mol. The Morgan fingerprint density at radius 1 is 1.09 bits per heavy atom. The number of rotatable bonds is 3. The van der Waals surface area contributed by atoms with Crippen molar-refractivity contribution in [3.63, 3.8) is 0 Å². The molecule has 0 atom stereocenters. The Hall–Kier alpha value is -2.44. The molecule has 0 saturated carbocycles. The van der Waals surface area contributed by atoms with Gasteiger partial charge in [-0.3, -0.25) is 0 Å². The summed E-state index contributed by atoms with van der Waals surface area (Å²) >= 11 is 12.9. The molecule has 1 heterocycles. The first-order chi connectivity index (χ1) is 11.0. The summed E-state index contributed by atoms with van der Waals surface area (Å²) in [5.41, 5.74) is 13.3. The Morgan fingerprint density at radius 3 is 2.30 bits per heavy atom. The zero-order valence-electron chi connectivity index (χ0n) is 12.1. The van der Waals surface area contributed by atoms with Crippen LogP contribution in [-0.4, -0.2) is 21.9 Å². The lowest BCUT2D eigenvalue weighted by molar-refractivity contribution is 0.416. The number of hydrogen-bond acceptors (Lipinski definition) is 5. The maximum atomic E-state index is 6.43. The molecule has 2 aromatic carbocycles. The highest BCUT2D eigenvalue weighted by atomic mass is 35.5. The summed E-state index contributed by atoms with van der Waals surface area (Å²) in [6.45, 7) is 0. The van der Waals surface area contributed by atoms with E-state index in [1.54, 1.807) is 19.2 Å². The minimum atomic E-state index is 0.0727. The normalized spacial score (nSPS) is 10.7. The smallest absolute Gasteiger partial charge is 0.241 e. The summed E-state index contributed by atoms with van der Waals surface area (Å²) in [6, 6.07) is 10.9. The molecule has 4 N–H and O–H groups in total. The fourth-order valence-electron chi connectivity index (χ4n) is 2.32. The van der Waals surface area contributed by atoms with E-state index < -0.39 is 0 Å². The SMILES string of the molecule is COc1ccccc1-c1c(Cl)cc(-n2nc(N)nc2N)cc1Cl. The number of nitrogen functional groups attached to an aromatic ring is 2. The van der Waals surface area contributed by atoms with Crippen LogP contribution in [0.5, 0.6) is 5.75 Å². The van der Waals surface area contributed by atoms with Crippen molar-refractivity contribution < 1.29 is 4.74 Å². The van der Waals surface area contributed by atoms with Crippen LogP contribution in [-0.2, 0) is 0 Å². The lowest BCUT2D eigenvalue weighted by Gasteiger charge is -2.13. The number of aromatic nitrogens is 3. The second-order valence-corrected chi connectivity index (χ2v) is 5.54. The number of nitrogens with zero attached hydrogens (tertiary/aromatic N) is 3. The van der Waals surface area contributed by atoms with Gasteiger partial charge in [0.2, 0.25) is 11.9 Å². The minimum Gasteiger partial charge on any atom is -0.496 e. The van der Waals surface area contributed by atoms with Crippen LogP contribution in [0.3, 0.4) is 0 Å². The molecule has 23 heavy (non-hydrogen) atoms. The number of anilines is 2. The standard InChI is InChI=1S/C15H13Cl2N5O/c1-23-12-5-3-2-4-9(12)13-10(16)6-8(7-11(13)17)22-15(19)20-14(18)21-22/h2-7H,1H3,(H4,18,19,20,21). The fourth-order valence-corrected chi connectivity index (χ4v) is 3.00. The third-order valence-electron chi connectivity index (χ3n) is 3.30. The molecular weight excluding hydrogens is 337 g/mol. The van der Waals surface area contributed by atoms with E-state index in [2.05, 4.69) is 10.1 Å². The summed E-state index contributed by atoms with van der Waals surface area (Å²) < 4.78 is 6.74. The summed E-state index contributed by atoms with van der Waals surface area (Å²) in [6.07, 6.45) is 0. The van der Waals surface area contributed by atoms with Crippen LogP contribution in [0, 0.1) is 0 Å². The van der Waals surface area contributed by atoms with Gasteiger partial charge < -0.3 is 16.2 Å². The highest BCUT2D eigenvalue weighted by Gasteiger charge is 2.16. The summed E-state index contributed by atoms with van der Waals surface area (Å²) in [7, 11) is 1.59. The molecule has 0 unspecified atom stereocenters. The zero-order valence-corrected chi connectivity index (χ0v) is 13.6. The maximum absolute atomic E-state index is 6.43. The predicted molar refractivity (Wildman–Crippen MR) is 92.2 cm³/mol. The number of para-hydroxylation sites is 1. The van der Waals surface area contributed by atoms with Crippen LogP contribution in [0.2, 0.25) is 10.0 Å². The van der Waals surface area contributed by atoms with Gasteiger partial charge in [-0.25, -0.2) is 0 Å². The van der Waals surface area contributed by atoms with Gasteiger partial charge in [0.05, 0.1) is 22.8 Å². The Kier molecular flexibility index (Phi) is 4.02. The maximum Gasteiger partial charge on any atom is 0.241 e. The summed E-state index contributed by atoms with van der Waals surface area (Å²) in [4.78, 5) is 3.86. The first-order valence-corrected chi connectivity index (χ1v) is 7.37. The molecule has 0 spiro atoms. The Bertz CT molecular complexity index is 855. The van der Waals surface area contributed by atoms with E-state index in [1.807, 2.05) is 24.3 Å². The average molecular weight is 350 g/mol. The molecule has 0 amide bonds. The largest absolute Gasteiger partial charge is 0.496 e. The summed E-state index contributed by atoms with van der Waals surface area (Å²) in [5, 5.41) is 4.89. The third kappa shape index (κ3) is 2.78. The van der Waals surface area contributed by atoms with E-state index in [1.165, 1.54) is 4.68 Å². The van der Waals surface area contributed by atoms with Gasteiger partial charge in [-0.1, -0.05) is 41.4 Å². The van der Waals surface area contributed by atoms with Crippen molar-refractivity contribution in [3.05, 3.63) is 46.4 Å². The zero-order chi connectivity index (χ0) is 16.6. The first-order valence-electron chi connectivity index (χ1n) is 6.62. The molecular formula is C15H13Cl2N5O. The lowest BCUT2D eigenvalue weighted by atomic mass is 10.0. The van der Waals surface area contributed by atoms with Crippen molar-refractivity contribution in [2.24, 2.45) is 0 Å². The second-order valence-electron chi connectivity index (χ2n) is 4.72. The number of benzene rings is 2. The van der Waals surface area contributed by atoms with Gasteiger partial charge in [-0.2, -0.15) is 9.67 Å². The van der Waals surface area contributed by atoms with Crippen LogP contribution in [0.1, 0.15) is 0 Å². The van der Waals surface area contributed by atoms with E-state index in [9.17, 15) is 0 Å². The van der Waals surface area contributed by atoms with E-state index in [0.717, 1.165) is 5.56 Å². The molecule has 8 heteroatoms. The molecule has 0 aliphatic heterocycles. The molecule has 0 fully saturated rings. The van der Waals surface area contributed by atoms with Crippen molar-refractivity contribution in [2.75, 3.05) is 18.6 Å². The Balaban J connectivity index is 2.17. The van der Waals surface area contributed by atoms with E-state index in [4.69, 9.17) is 39.4 Å². The molecule has 6 nitrogen and oxygen atoms in total. The van der Waals surface area contributed by atoms with Gasteiger partial charge in [0.25, 0.3) is 0 Å². The van der Waals surface area contributed by atoms with Crippen LogP contribution < -0.4 is 16.2 Å². The number of nitrogens with two attached hydrogens (primary N) is 2. The number of hydrogen-bond donors (Lipinski definition) is 2. The highest BCUT2D eigenvalue weighted by molar-refractivity contribution is 6.39. The fraction of sp³-hybridized carbons (Fsp3) is 0.0667. The quantitative estimate of drug-likeness (QED) is 0.755. The van der Waals surface area contributed by atoms with Crippen LogP contribution in [0.25, 0.3) is 16.8 Å². The van der Waals surface area contributed by atoms with Crippen LogP contribution in [0.4, 0.5) is 11.9 Å².